The van der Waals surface area contributed by atoms with Crippen LogP contribution in [0.15, 0.2) is 12.1 Å². The summed E-state index contributed by atoms with van der Waals surface area (Å²) in [4.78, 5) is 2.79. The molecule has 7 aliphatic rings. The average molecular weight is 470 g/mol. The Morgan fingerprint density at radius 1 is 1.18 bits per heavy atom. The Hall–Kier alpha value is -1.17. The molecule has 8 rings (SSSR count). The number of fused-ring (bicyclic) bond motifs is 2. The third kappa shape index (κ3) is 2.27. The van der Waals surface area contributed by atoms with E-state index in [0.717, 1.165) is 50.1 Å². The minimum absolute atomic E-state index is 0.0168. The zero-order valence-electron chi connectivity index (χ0n) is 21.4. The molecule has 5 aliphatic carbocycles. The van der Waals surface area contributed by atoms with E-state index in [4.69, 9.17) is 9.47 Å². The summed E-state index contributed by atoms with van der Waals surface area (Å²) in [7, 11) is 1.80. The van der Waals surface area contributed by atoms with Gasteiger partial charge in [0.25, 0.3) is 0 Å². The van der Waals surface area contributed by atoms with Gasteiger partial charge in [0.05, 0.1) is 5.60 Å². The third-order valence-corrected chi connectivity index (χ3v) is 11.8. The van der Waals surface area contributed by atoms with E-state index >= 15 is 4.39 Å². The molecule has 0 amide bonds. The molecule has 4 saturated carbocycles. The summed E-state index contributed by atoms with van der Waals surface area (Å²) in [5.74, 6) is 1.02. The van der Waals surface area contributed by atoms with Crippen LogP contribution in [0.1, 0.15) is 77.3 Å². The fourth-order valence-corrected chi connectivity index (χ4v) is 9.56. The maximum absolute atomic E-state index is 15.3. The van der Waals surface area contributed by atoms with Crippen molar-refractivity contribution >= 4 is 0 Å². The normalized spacial score (nSPS) is 43.9. The van der Waals surface area contributed by atoms with Crippen LogP contribution in [-0.4, -0.2) is 53.6 Å². The molecular weight excluding hydrogens is 429 g/mol. The first-order chi connectivity index (χ1) is 16.0. The highest BCUT2D eigenvalue weighted by Gasteiger charge is 2.82. The van der Waals surface area contributed by atoms with E-state index in [0.29, 0.717) is 11.8 Å². The smallest absolute Gasteiger partial charge is 0.165 e. The zero-order valence-corrected chi connectivity index (χ0v) is 21.4. The maximum atomic E-state index is 15.3. The highest BCUT2D eigenvalue weighted by Crippen LogP contribution is 2.77. The van der Waals surface area contributed by atoms with Crippen LogP contribution in [0.5, 0.6) is 5.75 Å². The van der Waals surface area contributed by atoms with E-state index in [1.165, 1.54) is 24.9 Å². The molecule has 5 heteroatoms. The Bertz CT molecular complexity index is 1060. The second kappa shape index (κ2) is 6.39. The van der Waals surface area contributed by atoms with Gasteiger partial charge in [-0.05, 0) is 81.4 Å². The Balaban J connectivity index is 1.47. The summed E-state index contributed by atoms with van der Waals surface area (Å²) in [6.45, 7) is 10.7. The van der Waals surface area contributed by atoms with Gasteiger partial charge in [-0.2, -0.15) is 0 Å². The zero-order chi connectivity index (χ0) is 23.9. The van der Waals surface area contributed by atoms with Crippen LogP contribution in [0, 0.1) is 28.5 Å². The Kier molecular flexibility index (Phi) is 4.14. The lowest BCUT2D eigenvalue weighted by Crippen LogP contribution is -2.83. The fraction of sp³-hybridized carbons (Fsp3) is 0.793. The van der Waals surface area contributed by atoms with Gasteiger partial charge in [0, 0.05) is 42.0 Å². The van der Waals surface area contributed by atoms with Gasteiger partial charge in [-0.15, -0.1) is 0 Å². The average Bonchev–Trinajstić information content (AvgIpc) is 3.53. The van der Waals surface area contributed by atoms with Crippen LogP contribution in [-0.2, 0) is 16.6 Å². The first-order valence-electron chi connectivity index (χ1n) is 13.5. The summed E-state index contributed by atoms with van der Waals surface area (Å²) in [5, 5.41) is 12.2. The predicted molar refractivity (Wildman–Crippen MR) is 128 cm³/mol. The molecule has 1 aromatic rings. The number of hydrogen-bond donors (Lipinski definition) is 1. The SMILES string of the molecule is CO[C@]12CC[C@@]3(C[C@@H]1[C@](C)(O)C(C)(C)C)[C@H]1Cc4ccc(F)c5c4[C@@]3(CCN1CC1CC1)[C@H]2O5. The van der Waals surface area contributed by atoms with E-state index in [1.807, 2.05) is 13.0 Å². The molecule has 2 spiro atoms. The van der Waals surface area contributed by atoms with Crippen molar-refractivity contribution in [2.24, 2.45) is 22.7 Å². The van der Waals surface area contributed by atoms with Crippen LogP contribution in [0.3, 0.4) is 0 Å². The number of likely N-dealkylation sites (tertiary alicyclic amines) is 1. The van der Waals surface area contributed by atoms with E-state index < -0.39 is 11.2 Å². The highest BCUT2D eigenvalue weighted by atomic mass is 19.1. The number of piperidine rings is 1. The van der Waals surface area contributed by atoms with Gasteiger partial charge in [0.2, 0.25) is 0 Å². The lowest BCUT2D eigenvalue weighted by atomic mass is 9.33. The fourth-order valence-electron chi connectivity index (χ4n) is 9.56. The largest absolute Gasteiger partial charge is 0.483 e. The lowest BCUT2D eigenvalue weighted by Gasteiger charge is -2.75. The van der Waals surface area contributed by atoms with Crippen molar-refractivity contribution in [1.29, 1.82) is 0 Å². The summed E-state index contributed by atoms with van der Waals surface area (Å²) < 4.78 is 28.6. The second-order valence-electron chi connectivity index (χ2n) is 13.8. The molecule has 0 aromatic heterocycles. The van der Waals surface area contributed by atoms with E-state index in [9.17, 15) is 5.11 Å². The monoisotopic (exact) mass is 469 g/mol. The Labute approximate surface area is 203 Å². The Morgan fingerprint density at radius 3 is 2.62 bits per heavy atom. The van der Waals surface area contributed by atoms with Crippen molar-refractivity contribution in [3.05, 3.63) is 29.1 Å². The first-order valence-corrected chi connectivity index (χ1v) is 13.5. The van der Waals surface area contributed by atoms with Crippen molar-refractivity contribution in [1.82, 2.24) is 4.90 Å². The molecule has 1 saturated heterocycles. The molecule has 186 valence electrons. The number of methoxy groups -OCH3 is 1. The highest BCUT2D eigenvalue weighted by molar-refractivity contribution is 5.59. The molecule has 4 nitrogen and oxygen atoms in total. The van der Waals surface area contributed by atoms with Gasteiger partial charge in [-0.25, -0.2) is 4.39 Å². The molecule has 0 unspecified atom stereocenters. The molecular formula is C29H40FNO3. The minimum atomic E-state index is -0.940. The van der Waals surface area contributed by atoms with Crippen molar-refractivity contribution < 1.29 is 19.0 Å². The topological polar surface area (TPSA) is 41.9 Å². The van der Waals surface area contributed by atoms with Gasteiger partial charge >= 0.3 is 0 Å². The van der Waals surface area contributed by atoms with Crippen LogP contribution < -0.4 is 4.74 Å². The van der Waals surface area contributed by atoms with Crippen LogP contribution in [0.4, 0.5) is 4.39 Å². The van der Waals surface area contributed by atoms with E-state index in [-0.39, 0.29) is 34.1 Å². The minimum Gasteiger partial charge on any atom is -0.483 e. The quantitative estimate of drug-likeness (QED) is 0.685. The standard InChI is InChI=1S/C29H40FNO3/c1-25(2,3)26(4,32)20-15-27-10-11-29(20,33-5)24-28(27)12-13-31(16-17-6-7-17)21(27)14-18-8-9-19(30)23(34-24)22(18)28/h8-9,17,20-21,24,32H,6-7,10-16H2,1-5H3/t20-,21-,24-,26+,27-,28+,29-/m1/s1. The summed E-state index contributed by atoms with van der Waals surface area (Å²) in [6.07, 6.45) is 7.29. The number of benzene rings is 1. The molecule has 34 heavy (non-hydrogen) atoms. The lowest BCUT2D eigenvalue weighted by molar-refractivity contribution is -0.312. The number of nitrogens with zero attached hydrogens (tertiary/aromatic N) is 1. The maximum Gasteiger partial charge on any atom is 0.165 e. The van der Waals surface area contributed by atoms with Crippen molar-refractivity contribution in [2.45, 2.75) is 101 Å². The van der Waals surface area contributed by atoms with E-state index in [1.54, 1.807) is 13.2 Å². The van der Waals surface area contributed by atoms with Crippen molar-refractivity contribution in [2.75, 3.05) is 20.2 Å². The number of halogens is 1. The number of hydrogen-bond acceptors (Lipinski definition) is 4. The molecule has 1 N–H and O–H groups in total. The van der Waals surface area contributed by atoms with Crippen LogP contribution in [0.25, 0.3) is 0 Å². The Morgan fingerprint density at radius 2 is 1.94 bits per heavy atom. The van der Waals surface area contributed by atoms with Crippen LogP contribution in [0.2, 0.25) is 0 Å². The van der Waals surface area contributed by atoms with Crippen molar-refractivity contribution in [3.63, 3.8) is 0 Å². The van der Waals surface area contributed by atoms with Gasteiger partial charge in [0.1, 0.15) is 11.7 Å². The molecule has 7 atom stereocenters. The van der Waals surface area contributed by atoms with Crippen LogP contribution >= 0.6 is 0 Å². The molecule has 5 fully saturated rings. The molecule has 4 bridgehead atoms. The van der Waals surface area contributed by atoms with Gasteiger partial charge in [-0.3, -0.25) is 4.90 Å². The predicted octanol–water partition coefficient (Wildman–Crippen LogP) is 4.85. The third-order valence-electron chi connectivity index (χ3n) is 11.8. The van der Waals surface area contributed by atoms with Gasteiger partial charge < -0.3 is 14.6 Å². The number of rotatable bonds is 4. The molecule has 1 aromatic carbocycles. The van der Waals surface area contributed by atoms with Gasteiger partial charge in [0.15, 0.2) is 11.6 Å². The second-order valence-corrected chi connectivity index (χ2v) is 13.8. The summed E-state index contributed by atoms with van der Waals surface area (Å²) in [6, 6.07) is 4.07. The van der Waals surface area contributed by atoms with E-state index in [2.05, 4.69) is 25.7 Å². The molecule has 0 radical (unpaired) electrons. The summed E-state index contributed by atoms with van der Waals surface area (Å²) >= 11 is 0. The molecule has 2 heterocycles. The number of aliphatic hydroxyl groups is 1. The van der Waals surface area contributed by atoms with Crippen molar-refractivity contribution in [3.8, 4) is 5.75 Å². The first kappa shape index (κ1) is 22.1. The summed E-state index contributed by atoms with van der Waals surface area (Å²) in [5.41, 5.74) is 0.331. The molecule has 2 aliphatic heterocycles. The number of ether oxygens (including phenoxy) is 2. The van der Waals surface area contributed by atoms with Gasteiger partial charge in [-0.1, -0.05) is 26.8 Å².